The minimum atomic E-state index is -3.57. The van der Waals surface area contributed by atoms with E-state index in [1.54, 1.807) is 0 Å². The van der Waals surface area contributed by atoms with Crippen molar-refractivity contribution in [3.63, 3.8) is 0 Å². The fraction of sp³-hybridized carbons (Fsp3) is 0.455. The molecule has 1 aliphatic heterocycles. The molecule has 0 aromatic heterocycles. The van der Waals surface area contributed by atoms with E-state index < -0.39 is 15.4 Å². The van der Waals surface area contributed by atoms with Crippen LogP contribution < -0.4 is 10.1 Å². The second-order valence-corrected chi connectivity index (χ2v) is 9.50. The van der Waals surface area contributed by atoms with Crippen LogP contribution in [0, 0.1) is 0 Å². The Hall–Kier alpha value is -2.05. The fourth-order valence-electron chi connectivity index (χ4n) is 4.04. The molecule has 0 fully saturated rings. The van der Waals surface area contributed by atoms with Crippen LogP contribution in [-0.4, -0.2) is 31.9 Å². The van der Waals surface area contributed by atoms with Crippen molar-refractivity contribution in [1.29, 1.82) is 0 Å². The minimum Gasteiger partial charge on any atom is -0.504 e. The number of benzene rings is 2. The van der Waals surface area contributed by atoms with Gasteiger partial charge in [0.25, 0.3) is 0 Å². The summed E-state index contributed by atoms with van der Waals surface area (Å²) in [5.74, 6) is 0.143. The van der Waals surface area contributed by atoms with Gasteiger partial charge in [0.15, 0.2) is 21.3 Å². The Morgan fingerprint density at radius 2 is 1.93 bits per heavy atom. The maximum atomic E-state index is 13.4. The highest BCUT2D eigenvalue weighted by molar-refractivity contribution is 7.91. The third-order valence-corrected chi connectivity index (χ3v) is 7.65. The summed E-state index contributed by atoms with van der Waals surface area (Å²) in [4.78, 5) is 0.232. The van der Waals surface area contributed by atoms with E-state index >= 15 is 0 Å². The molecule has 0 saturated carbocycles. The lowest BCUT2D eigenvalue weighted by Crippen LogP contribution is -2.50. The highest BCUT2D eigenvalue weighted by Crippen LogP contribution is 2.42. The number of phenolic OH excluding ortho intramolecular Hbond substituents is 1. The van der Waals surface area contributed by atoms with E-state index in [2.05, 4.69) is 12.2 Å². The zero-order chi connectivity index (χ0) is 20.4. The number of methoxy groups -OCH3 is 1. The van der Waals surface area contributed by atoms with E-state index in [1.165, 1.54) is 19.2 Å². The first-order valence-corrected chi connectivity index (χ1v) is 11.5. The number of nitrogens with one attached hydrogen (secondary N) is 1. The van der Waals surface area contributed by atoms with Crippen molar-refractivity contribution in [3.05, 3.63) is 53.6 Å². The molecule has 3 rings (SSSR count). The van der Waals surface area contributed by atoms with E-state index in [4.69, 9.17) is 4.74 Å². The van der Waals surface area contributed by atoms with Crippen LogP contribution in [0.5, 0.6) is 11.5 Å². The molecule has 0 spiro atoms. The van der Waals surface area contributed by atoms with Crippen LogP contribution in [0.3, 0.4) is 0 Å². The number of fused-ring (bicyclic) bond motifs is 1. The largest absolute Gasteiger partial charge is 0.504 e. The van der Waals surface area contributed by atoms with Gasteiger partial charge in [-0.3, -0.25) is 5.32 Å². The van der Waals surface area contributed by atoms with Gasteiger partial charge < -0.3 is 9.84 Å². The zero-order valence-corrected chi connectivity index (χ0v) is 17.6. The number of phenols is 1. The van der Waals surface area contributed by atoms with Crippen molar-refractivity contribution >= 4 is 9.84 Å². The lowest BCUT2D eigenvalue weighted by atomic mass is 9.88. The molecular formula is C22H29NO4S. The van der Waals surface area contributed by atoms with E-state index in [9.17, 15) is 13.5 Å². The summed E-state index contributed by atoms with van der Waals surface area (Å²) in [6.45, 7) is 4.15. The van der Waals surface area contributed by atoms with Crippen molar-refractivity contribution in [3.8, 4) is 11.5 Å². The van der Waals surface area contributed by atoms with E-state index in [0.29, 0.717) is 12.0 Å². The third-order valence-electron chi connectivity index (χ3n) is 5.69. The van der Waals surface area contributed by atoms with E-state index in [0.717, 1.165) is 24.8 Å². The zero-order valence-electron chi connectivity index (χ0n) is 16.7. The van der Waals surface area contributed by atoms with E-state index in [-0.39, 0.29) is 28.2 Å². The van der Waals surface area contributed by atoms with E-state index in [1.807, 2.05) is 37.3 Å². The molecule has 2 N–H and O–H groups in total. The molecule has 28 heavy (non-hydrogen) atoms. The molecule has 0 saturated heterocycles. The van der Waals surface area contributed by atoms with Gasteiger partial charge in [-0.25, -0.2) is 8.42 Å². The van der Waals surface area contributed by atoms with Gasteiger partial charge in [0.05, 0.1) is 23.8 Å². The highest BCUT2D eigenvalue weighted by atomic mass is 32.2. The standard InChI is InChI=1S/C22H29NO4S/c1-4-6-12-22(5-2)15-28(25,26)20-14-19(27-3)18(24)13-17(20)21(23-22)16-10-8-7-9-11-16/h7-11,13-14,21,23-24H,4-6,12,15H2,1-3H3/t21-,22-/m1/s1. The number of rotatable bonds is 6. The molecule has 0 amide bonds. The van der Waals surface area contributed by atoms with Gasteiger partial charge in [-0.2, -0.15) is 0 Å². The second kappa shape index (κ2) is 8.13. The van der Waals surface area contributed by atoms with Gasteiger partial charge >= 0.3 is 0 Å². The van der Waals surface area contributed by atoms with Crippen molar-refractivity contribution < 1.29 is 18.3 Å². The molecule has 0 aliphatic carbocycles. The molecule has 0 radical (unpaired) electrons. The molecule has 0 bridgehead atoms. The summed E-state index contributed by atoms with van der Waals surface area (Å²) in [6.07, 6.45) is 3.43. The van der Waals surface area contributed by atoms with Crippen LogP contribution >= 0.6 is 0 Å². The monoisotopic (exact) mass is 403 g/mol. The topological polar surface area (TPSA) is 75.6 Å². The van der Waals surface area contributed by atoms with Gasteiger partial charge in [-0.05, 0) is 30.0 Å². The summed E-state index contributed by atoms with van der Waals surface area (Å²) >= 11 is 0. The van der Waals surface area contributed by atoms with Gasteiger partial charge in [0, 0.05) is 11.6 Å². The Labute approximate surface area is 167 Å². The average Bonchev–Trinajstić information content (AvgIpc) is 2.79. The number of sulfone groups is 1. The summed E-state index contributed by atoms with van der Waals surface area (Å²) in [5.41, 5.74) is 1.01. The number of aromatic hydroxyl groups is 1. The molecule has 1 aliphatic rings. The molecule has 2 aromatic carbocycles. The first kappa shape index (κ1) is 20.7. The van der Waals surface area contributed by atoms with Crippen molar-refractivity contribution in [2.45, 2.75) is 56.0 Å². The minimum absolute atomic E-state index is 0.0285. The number of hydrogen-bond acceptors (Lipinski definition) is 5. The second-order valence-electron chi connectivity index (χ2n) is 7.55. The Bertz CT molecular complexity index is 927. The molecule has 5 nitrogen and oxygen atoms in total. The maximum absolute atomic E-state index is 13.4. The Balaban J connectivity index is 2.25. The van der Waals surface area contributed by atoms with Gasteiger partial charge in [0.1, 0.15) is 0 Å². The first-order chi connectivity index (χ1) is 13.4. The lowest BCUT2D eigenvalue weighted by molar-refractivity contribution is 0.294. The third kappa shape index (κ3) is 3.89. The van der Waals surface area contributed by atoms with Gasteiger partial charge in [0.2, 0.25) is 0 Å². The molecule has 152 valence electrons. The maximum Gasteiger partial charge on any atom is 0.180 e. The molecule has 6 heteroatoms. The summed E-state index contributed by atoms with van der Waals surface area (Å²) < 4.78 is 32.0. The highest BCUT2D eigenvalue weighted by Gasteiger charge is 2.42. The summed E-state index contributed by atoms with van der Waals surface area (Å²) in [5, 5.41) is 14.1. The first-order valence-electron chi connectivity index (χ1n) is 9.82. The lowest BCUT2D eigenvalue weighted by Gasteiger charge is -2.35. The molecule has 1 heterocycles. The fourth-order valence-corrected chi connectivity index (χ4v) is 6.18. The Kier molecular flexibility index (Phi) is 6.01. The quantitative estimate of drug-likeness (QED) is 0.756. The summed E-state index contributed by atoms with van der Waals surface area (Å²) in [6, 6.07) is 12.5. The number of ether oxygens (including phenoxy) is 1. The smallest absolute Gasteiger partial charge is 0.180 e. The Morgan fingerprint density at radius 3 is 2.54 bits per heavy atom. The van der Waals surface area contributed by atoms with Crippen LogP contribution in [0.2, 0.25) is 0 Å². The molecular weight excluding hydrogens is 374 g/mol. The van der Waals surface area contributed by atoms with Crippen LogP contribution in [0.1, 0.15) is 56.7 Å². The predicted molar refractivity (Wildman–Crippen MR) is 111 cm³/mol. The number of hydrogen-bond donors (Lipinski definition) is 2. The molecule has 2 aromatic rings. The molecule has 0 unspecified atom stereocenters. The predicted octanol–water partition coefficient (Wildman–Crippen LogP) is 4.21. The summed E-state index contributed by atoms with van der Waals surface area (Å²) in [7, 11) is -2.15. The van der Waals surface area contributed by atoms with Crippen LogP contribution in [0.4, 0.5) is 0 Å². The van der Waals surface area contributed by atoms with Crippen molar-refractivity contribution in [2.75, 3.05) is 12.9 Å². The van der Waals surface area contributed by atoms with Gasteiger partial charge in [-0.1, -0.05) is 57.0 Å². The van der Waals surface area contributed by atoms with Crippen LogP contribution in [-0.2, 0) is 9.84 Å². The van der Waals surface area contributed by atoms with Crippen LogP contribution in [0.15, 0.2) is 47.4 Å². The van der Waals surface area contributed by atoms with Crippen LogP contribution in [0.25, 0.3) is 0 Å². The number of unbranched alkanes of at least 4 members (excludes halogenated alkanes) is 1. The SMILES string of the molecule is CCCC[C@]1(CC)CS(=O)(=O)c2cc(OC)c(O)cc2[C@@H](c2ccccc2)N1. The molecule has 2 atom stereocenters. The van der Waals surface area contributed by atoms with Crippen molar-refractivity contribution in [1.82, 2.24) is 5.32 Å². The normalized spacial score (nSPS) is 23.6. The van der Waals surface area contributed by atoms with Gasteiger partial charge in [-0.15, -0.1) is 0 Å². The van der Waals surface area contributed by atoms with Crippen molar-refractivity contribution in [2.24, 2.45) is 0 Å². The average molecular weight is 404 g/mol. The Morgan fingerprint density at radius 1 is 1.21 bits per heavy atom.